The predicted molar refractivity (Wildman–Crippen MR) is 62.6 cm³/mol. The van der Waals surface area contributed by atoms with Gasteiger partial charge >= 0.3 is 0 Å². The summed E-state index contributed by atoms with van der Waals surface area (Å²) in [7, 11) is 4.31. The highest BCUT2D eigenvalue weighted by molar-refractivity contribution is 4.70. The van der Waals surface area contributed by atoms with E-state index < -0.39 is 0 Å². The van der Waals surface area contributed by atoms with Gasteiger partial charge in [0.05, 0.1) is 0 Å². The van der Waals surface area contributed by atoms with Gasteiger partial charge in [0.25, 0.3) is 0 Å². The second kappa shape index (κ2) is 6.41. The fraction of sp³-hybridized carbons (Fsp3) is 1.00. The molecule has 0 spiro atoms. The lowest BCUT2D eigenvalue weighted by atomic mass is 9.93. The molecule has 2 nitrogen and oxygen atoms in total. The monoisotopic (exact) mass is 198 g/mol. The van der Waals surface area contributed by atoms with Crippen molar-refractivity contribution in [3.05, 3.63) is 0 Å². The molecule has 84 valence electrons. The number of nitrogens with one attached hydrogen (secondary N) is 1. The van der Waals surface area contributed by atoms with Gasteiger partial charge in [-0.3, -0.25) is 0 Å². The Labute approximate surface area is 89.1 Å². The summed E-state index contributed by atoms with van der Waals surface area (Å²) in [5.74, 6) is 0.982. The van der Waals surface area contributed by atoms with Gasteiger partial charge in [-0.05, 0) is 72.1 Å². The van der Waals surface area contributed by atoms with Crippen LogP contribution in [0.3, 0.4) is 0 Å². The second-order valence-electron chi connectivity index (χ2n) is 4.87. The highest BCUT2D eigenvalue weighted by atomic mass is 15.1. The molecular weight excluding hydrogens is 172 g/mol. The van der Waals surface area contributed by atoms with Gasteiger partial charge in [0.15, 0.2) is 0 Å². The Morgan fingerprint density at radius 1 is 1.36 bits per heavy atom. The van der Waals surface area contributed by atoms with Crippen LogP contribution in [-0.4, -0.2) is 38.1 Å². The summed E-state index contributed by atoms with van der Waals surface area (Å²) in [6.07, 6.45) is 7.00. The van der Waals surface area contributed by atoms with Gasteiger partial charge in [0, 0.05) is 6.04 Å². The van der Waals surface area contributed by atoms with Gasteiger partial charge in [0.2, 0.25) is 0 Å². The molecule has 0 radical (unpaired) electrons. The van der Waals surface area contributed by atoms with Crippen LogP contribution in [0.2, 0.25) is 0 Å². The van der Waals surface area contributed by atoms with Crippen molar-refractivity contribution in [1.29, 1.82) is 0 Å². The van der Waals surface area contributed by atoms with Gasteiger partial charge in [-0.15, -0.1) is 0 Å². The van der Waals surface area contributed by atoms with Crippen LogP contribution in [0.1, 0.15) is 39.0 Å². The van der Waals surface area contributed by atoms with Gasteiger partial charge in [-0.1, -0.05) is 0 Å². The lowest BCUT2D eigenvalue weighted by molar-refractivity contribution is 0.334. The lowest BCUT2D eigenvalue weighted by Gasteiger charge is -2.17. The molecule has 1 rings (SSSR count). The molecule has 0 aromatic carbocycles. The first-order valence-electron chi connectivity index (χ1n) is 6.08. The summed E-state index contributed by atoms with van der Waals surface area (Å²) in [6, 6.07) is 0.691. The molecule has 2 atom stereocenters. The molecule has 0 saturated carbocycles. The molecule has 0 aromatic heterocycles. The van der Waals surface area contributed by atoms with Crippen molar-refractivity contribution >= 4 is 0 Å². The van der Waals surface area contributed by atoms with Crippen LogP contribution in [0.4, 0.5) is 0 Å². The zero-order valence-electron chi connectivity index (χ0n) is 10.1. The van der Waals surface area contributed by atoms with Crippen molar-refractivity contribution in [2.24, 2.45) is 5.92 Å². The Morgan fingerprint density at radius 3 is 2.86 bits per heavy atom. The molecule has 1 N–H and O–H groups in total. The highest BCUT2D eigenvalue weighted by Crippen LogP contribution is 2.21. The van der Waals surface area contributed by atoms with E-state index in [0.717, 1.165) is 5.92 Å². The summed E-state index contributed by atoms with van der Waals surface area (Å²) in [5.41, 5.74) is 0. The summed E-state index contributed by atoms with van der Waals surface area (Å²) >= 11 is 0. The van der Waals surface area contributed by atoms with Crippen LogP contribution in [-0.2, 0) is 0 Å². The van der Waals surface area contributed by atoms with Crippen LogP contribution >= 0.6 is 0 Å². The Balaban J connectivity index is 2.17. The lowest BCUT2D eigenvalue weighted by Crippen LogP contribution is -2.22. The van der Waals surface area contributed by atoms with E-state index in [4.69, 9.17) is 0 Å². The first-order chi connectivity index (χ1) is 6.72. The summed E-state index contributed by atoms with van der Waals surface area (Å²) in [6.45, 7) is 4.89. The smallest absolute Gasteiger partial charge is 0.00358 e. The van der Waals surface area contributed by atoms with Crippen LogP contribution in [0.5, 0.6) is 0 Å². The Hall–Kier alpha value is -0.0800. The average molecular weight is 198 g/mol. The Bertz CT molecular complexity index is 147. The largest absolute Gasteiger partial charge is 0.317 e. The molecule has 1 aliphatic heterocycles. The van der Waals surface area contributed by atoms with Crippen LogP contribution in [0.15, 0.2) is 0 Å². The third-order valence-corrected chi connectivity index (χ3v) is 3.57. The number of likely N-dealkylation sites (tertiary alicyclic amines) is 1. The maximum atomic E-state index is 3.32. The first kappa shape index (κ1) is 12.0. The molecule has 0 aliphatic carbocycles. The SMILES string of the molecule is CNC(C)CCC1CCCN(C)CC1. The van der Waals surface area contributed by atoms with Gasteiger partial charge in [-0.25, -0.2) is 0 Å². The van der Waals surface area contributed by atoms with E-state index in [0.29, 0.717) is 6.04 Å². The van der Waals surface area contributed by atoms with E-state index in [9.17, 15) is 0 Å². The molecule has 2 heteroatoms. The third-order valence-electron chi connectivity index (χ3n) is 3.57. The highest BCUT2D eigenvalue weighted by Gasteiger charge is 2.15. The molecule has 0 bridgehead atoms. The zero-order valence-corrected chi connectivity index (χ0v) is 10.1. The van der Waals surface area contributed by atoms with Crippen molar-refractivity contribution < 1.29 is 0 Å². The van der Waals surface area contributed by atoms with E-state index >= 15 is 0 Å². The zero-order chi connectivity index (χ0) is 10.4. The van der Waals surface area contributed by atoms with E-state index in [1.165, 1.54) is 45.2 Å². The summed E-state index contributed by atoms with van der Waals surface area (Å²) < 4.78 is 0. The van der Waals surface area contributed by atoms with Crippen molar-refractivity contribution in [1.82, 2.24) is 10.2 Å². The second-order valence-corrected chi connectivity index (χ2v) is 4.87. The standard InChI is InChI=1S/C12H26N2/c1-11(13-2)6-7-12-5-4-9-14(3)10-8-12/h11-13H,4-10H2,1-3H3. The predicted octanol–water partition coefficient (Wildman–Crippen LogP) is 2.11. The van der Waals surface area contributed by atoms with Gasteiger partial charge in [-0.2, -0.15) is 0 Å². The van der Waals surface area contributed by atoms with Gasteiger partial charge in [0.1, 0.15) is 0 Å². The van der Waals surface area contributed by atoms with Crippen LogP contribution < -0.4 is 5.32 Å². The van der Waals surface area contributed by atoms with Crippen molar-refractivity contribution in [2.75, 3.05) is 27.2 Å². The molecule has 14 heavy (non-hydrogen) atoms. The fourth-order valence-corrected chi connectivity index (χ4v) is 2.23. The normalized spacial score (nSPS) is 27.2. The van der Waals surface area contributed by atoms with E-state index in [1.54, 1.807) is 0 Å². The summed E-state index contributed by atoms with van der Waals surface area (Å²) in [4.78, 5) is 2.47. The Kier molecular flexibility index (Phi) is 5.49. The van der Waals surface area contributed by atoms with Crippen molar-refractivity contribution in [3.8, 4) is 0 Å². The topological polar surface area (TPSA) is 15.3 Å². The molecule has 0 amide bonds. The molecule has 1 aliphatic rings. The van der Waals surface area contributed by atoms with E-state index in [-0.39, 0.29) is 0 Å². The van der Waals surface area contributed by atoms with E-state index in [2.05, 4.69) is 31.2 Å². The number of hydrogen-bond donors (Lipinski definition) is 1. The third kappa shape index (κ3) is 4.43. The number of hydrogen-bond acceptors (Lipinski definition) is 2. The average Bonchev–Trinajstić information content (AvgIpc) is 2.39. The first-order valence-corrected chi connectivity index (χ1v) is 6.08. The molecule has 1 saturated heterocycles. The van der Waals surface area contributed by atoms with Crippen LogP contribution in [0.25, 0.3) is 0 Å². The number of nitrogens with zero attached hydrogens (tertiary/aromatic N) is 1. The maximum absolute atomic E-state index is 3.32. The molecule has 2 unspecified atom stereocenters. The molecular formula is C12H26N2. The molecule has 1 heterocycles. The minimum absolute atomic E-state index is 0.691. The number of rotatable bonds is 4. The minimum atomic E-state index is 0.691. The molecule has 0 aromatic rings. The van der Waals surface area contributed by atoms with E-state index in [1.807, 2.05) is 0 Å². The van der Waals surface area contributed by atoms with Crippen LogP contribution in [0, 0.1) is 5.92 Å². The fourth-order valence-electron chi connectivity index (χ4n) is 2.23. The molecule has 1 fully saturated rings. The quantitative estimate of drug-likeness (QED) is 0.744. The maximum Gasteiger partial charge on any atom is 0.00358 e. The Morgan fingerprint density at radius 2 is 2.14 bits per heavy atom. The van der Waals surface area contributed by atoms with Crippen molar-refractivity contribution in [2.45, 2.75) is 45.1 Å². The van der Waals surface area contributed by atoms with Crippen molar-refractivity contribution in [3.63, 3.8) is 0 Å². The summed E-state index contributed by atoms with van der Waals surface area (Å²) in [5, 5.41) is 3.32. The minimum Gasteiger partial charge on any atom is -0.317 e. The van der Waals surface area contributed by atoms with Gasteiger partial charge < -0.3 is 10.2 Å².